The van der Waals surface area contributed by atoms with Crippen LogP contribution in [-0.2, 0) is 4.79 Å². The number of nitrogens with zero attached hydrogens (tertiary/aromatic N) is 1. The van der Waals surface area contributed by atoms with E-state index in [1.807, 2.05) is 26.0 Å². The molecule has 0 atom stereocenters. The van der Waals surface area contributed by atoms with Crippen molar-refractivity contribution < 1.29 is 4.79 Å². The van der Waals surface area contributed by atoms with Gasteiger partial charge in [0.25, 0.3) is 5.91 Å². The van der Waals surface area contributed by atoms with E-state index in [1.54, 1.807) is 4.90 Å². The summed E-state index contributed by atoms with van der Waals surface area (Å²) in [5, 5.41) is 0.534. The van der Waals surface area contributed by atoms with E-state index in [0.29, 0.717) is 11.6 Å². The number of rotatable bonds is 1. The summed E-state index contributed by atoms with van der Waals surface area (Å²) in [5.74, 6) is -0.225. The molecule has 0 aromatic heterocycles. The van der Waals surface area contributed by atoms with Gasteiger partial charge in [-0.2, -0.15) is 0 Å². The van der Waals surface area contributed by atoms with Crippen LogP contribution in [0.25, 0.3) is 0 Å². The van der Waals surface area contributed by atoms with E-state index in [4.69, 9.17) is 23.2 Å². The lowest BCUT2D eigenvalue weighted by atomic mass is 10.1. The van der Waals surface area contributed by atoms with Crippen molar-refractivity contribution >= 4 is 34.8 Å². The average Bonchev–Trinajstić information content (AvgIpc) is 2.44. The molecule has 0 unspecified atom stereocenters. The Morgan fingerprint density at radius 2 is 1.69 bits per heavy atom. The smallest absolute Gasteiger partial charge is 0.271 e. The summed E-state index contributed by atoms with van der Waals surface area (Å²) in [4.78, 5) is 13.4. The first-order chi connectivity index (χ1) is 7.49. The minimum Gasteiger partial charge on any atom is -0.302 e. The normalized spacial score (nSPS) is 16.2. The van der Waals surface area contributed by atoms with E-state index < -0.39 is 0 Å². The summed E-state index contributed by atoms with van der Waals surface area (Å²) < 4.78 is 0. The third kappa shape index (κ3) is 1.95. The zero-order valence-corrected chi connectivity index (χ0v) is 10.6. The van der Waals surface area contributed by atoms with Crippen LogP contribution in [0.5, 0.6) is 0 Å². The highest BCUT2D eigenvalue weighted by molar-refractivity contribution is 6.51. The van der Waals surface area contributed by atoms with Crippen LogP contribution < -0.4 is 4.90 Å². The second kappa shape index (κ2) is 4.11. The predicted octanol–water partition coefficient (Wildman–Crippen LogP) is 3.34. The van der Waals surface area contributed by atoms with E-state index in [9.17, 15) is 4.79 Å². The largest absolute Gasteiger partial charge is 0.302 e. The quantitative estimate of drug-likeness (QED) is 0.754. The molecule has 2 nitrogen and oxygen atoms in total. The maximum absolute atomic E-state index is 11.8. The lowest BCUT2D eigenvalue weighted by Gasteiger charge is -2.17. The SMILES string of the molecule is Cc1cc(C)cc(N2CC(Cl)=C(Cl)C2=O)c1. The number of benzene rings is 1. The van der Waals surface area contributed by atoms with Crippen molar-refractivity contribution in [1.82, 2.24) is 0 Å². The Morgan fingerprint density at radius 1 is 1.12 bits per heavy atom. The standard InChI is InChI=1S/C12H11Cl2NO/c1-7-3-8(2)5-9(4-7)15-6-10(13)11(14)12(15)16/h3-5H,6H2,1-2H3. The summed E-state index contributed by atoms with van der Waals surface area (Å²) in [6, 6.07) is 5.95. The van der Waals surface area contributed by atoms with E-state index >= 15 is 0 Å². The minimum atomic E-state index is -0.225. The molecule has 0 saturated heterocycles. The number of halogens is 2. The monoisotopic (exact) mass is 255 g/mol. The van der Waals surface area contributed by atoms with Crippen molar-refractivity contribution in [2.75, 3.05) is 11.4 Å². The zero-order chi connectivity index (χ0) is 11.9. The van der Waals surface area contributed by atoms with E-state index in [1.165, 1.54) is 0 Å². The van der Waals surface area contributed by atoms with Crippen LogP contribution in [0, 0.1) is 13.8 Å². The third-order valence-corrected chi connectivity index (χ3v) is 3.28. The number of anilines is 1. The van der Waals surface area contributed by atoms with Gasteiger partial charge in [0.1, 0.15) is 5.03 Å². The van der Waals surface area contributed by atoms with Crippen LogP contribution in [0.3, 0.4) is 0 Å². The van der Waals surface area contributed by atoms with Crippen LogP contribution in [0.4, 0.5) is 5.69 Å². The van der Waals surface area contributed by atoms with E-state index in [0.717, 1.165) is 16.8 Å². The van der Waals surface area contributed by atoms with Gasteiger partial charge in [-0.3, -0.25) is 4.79 Å². The van der Waals surface area contributed by atoms with Gasteiger partial charge in [0.15, 0.2) is 0 Å². The van der Waals surface area contributed by atoms with E-state index in [2.05, 4.69) is 6.07 Å². The molecule has 2 rings (SSSR count). The van der Waals surface area contributed by atoms with Gasteiger partial charge < -0.3 is 4.90 Å². The highest BCUT2D eigenvalue weighted by Crippen LogP contribution is 2.30. The Kier molecular flexibility index (Phi) is 2.96. The summed E-state index contributed by atoms with van der Waals surface area (Å²) in [7, 11) is 0. The topological polar surface area (TPSA) is 20.3 Å². The molecular formula is C12H11Cl2NO. The first-order valence-electron chi connectivity index (χ1n) is 4.93. The van der Waals surface area contributed by atoms with Crippen LogP contribution in [0.1, 0.15) is 11.1 Å². The first kappa shape index (κ1) is 11.5. The molecule has 0 bridgehead atoms. The fourth-order valence-electron chi connectivity index (χ4n) is 1.83. The summed E-state index contributed by atoms with van der Waals surface area (Å²) in [6.07, 6.45) is 0. The second-order valence-electron chi connectivity index (χ2n) is 3.96. The molecule has 0 N–H and O–H groups in total. The van der Waals surface area contributed by atoms with Gasteiger partial charge in [0.05, 0.1) is 11.6 Å². The van der Waals surface area contributed by atoms with Gasteiger partial charge in [-0.25, -0.2) is 0 Å². The van der Waals surface area contributed by atoms with Crippen molar-refractivity contribution in [1.29, 1.82) is 0 Å². The Bertz CT molecular complexity index is 474. The van der Waals surface area contributed by atoms with Gasteiger partial charge in [-0.1, -0.05) is 29.3 Å². The molecule has 0 radical (unpaired) electrons. The van der Waals surface area contributed by atoms with Gasteiger partial charge in [-0.05, 0) is 37.1 Å². The third-order valence-electron chi connectivity index (χ3n) is 2.49. The van der Waals surface area contributed by atoms with Crippen LogP contribution in [0.15, 0.2) is 28.3 Å². The van der Waals surface area contributed by atoms with Gasteiger partial charge in [0, 0.05) is 5.69 Å². The number of aryl methyl sites for hydroxylation is 2. The summed E-state index contributed by atoms with van der Waals surface area (Å²) in [5.41, 5.74) is 3.07. The molecule has 0 aliphatic carbocycles. The fraction of sp³-hybridized carbons (Fsp3) is 0.250. The molecule has 16 heavy (non-hydrogen) atoms. The lowest BCUT2D eigenvalue weighted by Crippen LogP contribution is -2.26. The van der Waals surface area contributed by atoms with Crippen molar-refractivity contribution in [3.63, 3.8) is 0 Å². The molecule has 1 aromatic rings. The Balaban J connectivity index is 2.38. The van der Waals surface area contributed by atoms with Gasteiger partial charge in [0.2, 0.25) is 0 Å². The summed E-state index contributed by atoms with van der Waals surface area (Å²) in [6.45, 7) is 4.35. The maximum Gasteiger partial charge on any atom is 0.271 e. The van der Waals surface area contributed by atoms with Gasteiger partial charge in [-0.15, -0.1) is 0 Å². The van der Waals surface area contributed by atoms with Gasteiger partial charge >= 0.3 is 0 Å². The number of amides is 1. The Morgan fingerprint density at radius 3 is 2.12 bits per heavy atom. The van der Waals surface area contributed by atoms with Crippen molar-refractivity contribution in [2.45, 2.75) is 13.8 Å². The molecule has 0 saturated carbocycles. The highest BCUT2D eigenvalue weighted by atomic mass is 35.5. The molecule has 1 aliphatic rings. The summed E-state index contributed by atoms with van der Waals surface area (Å²) >= 11 is 11.7. The lowest BCUT2D eigenvalue weighted by molar-refractivity contribution is -0.114. The number of hydrogen-bond donors (Lipinski definition) is 0. The molecule has 1 amide bonds. The van der Waals surface area contributed by atoms with E-state index in [-0.39, 0.29) is 10.9 Å². The van der Waals surface area contributed by atoms with Crippen molar-refractivity contribution in [3.8, 4) is 0 Å². The molecular weight excluding hydrogens is 245 g/mol. The van der Waals surface area contributed by atoms with Crippen molar-refractivity contribution in [3.05, 3.63) is 39.4 Å². The second-order valence-corrected chi connectivity index (χ2v) is 4.79. The van der Waals surface area contributed by atoms with Crippen LogP contribution in [-0.4, -0.2) is 12.5 Å². The molecule has 4 heteroatoms. The predicted molar refractivity (Wildman–Crippen MR) is 67.0 cm³/mol. The number of carbonyl (C=O) groups is 1. The maximum atomic E-state index is 11.8. The highest BCUT2D eigenvalue weighted by Gasteiger charge is 2.29. The van der Waals surface area contributed by atoms with Crippen LogP contribution in [0.2, 0.25) is 0 Å². The Hall–Kier alpha value is -0.990. The fourth-order valence-corrected chi connectivity index (χ4v) is 2.19. The average molecular weight is 256 g/mol. The van der Waals surface area contributed by atoms with Crippen molar-refractivity contribution in [2.24, 2.45) is 0 Å². The van der Waals surface area contributed by atoms with Crippen LogP contribution >= 0.6 is 23.2 Å². The molecule has 1 aromatic carbocycles. The minimum absolute atomic E-state index is 0.126. The molecule has 1 heterocycles. The molecule has 84 valence electrons. The molecule has 1 aliphatic heterocycles. The number of hydrogen-bond acceptors (Lipinski definition) is 1. The zero-order valence-electron chi connectivity index (χ0n) is 9.05. The number of carbonyl (C=O) groups excluding carboxylic acids is 1. The molecule has 0 fully saturated rings. The first-order valence-corrected chi connectivity index (χ1v) is 5.69. The Labute approximate surface area is 104 Å². The molecule has 0 spiro atoms.